The summed E-state index contributed by atoms with van der Waals surface area (Å²) < 4.78 is 33.4. The number of amides is 1. The van der Waals surface area contributed by atoms with Crippen LogP contribution in [0.2, 0.25) is 0 Å². The van der Waals surface area contributed by atoms with Gasteiger partial charge in [-0.3, -0.25) is 14.9 Å². The fraction of sp³-hybridized carbons (Fsp3) is 0.333. The number of rotatable bonds is 7. The van der Waals surface area contributed by atoms with Crippen LogP contribution < -0.4 is 20.9 Å². The van der Waals surface area contributed by atoms with E-state index in [0.29, 0.717) is 16.9 Å². The summed E-state index contributed by atoms with van der Waals surface area (Å²) in [6.07, 6.45) is 0. The summed E-state index contributed by atoms with van der Waals surface area (Å²) in [4.78, 5) is 24.9. The third-order valence-electron chi connectivity index (χ3n) is 4.91. The summed E-state index contributed by atoms with van der Waals surface area (Å²) in [5, 5.41) is 1.51. The van der Waals surface area contributed by atoms with Gasteiger partial charge in [0.25, 0.3) is 10.0 Å². The lowest BCUT2D eigenvalue weighted by Gasteiger charge is -2.21. The third-order valence-corrected chi connectivity index (χ3v) is 6.51. The molecular weight excluding hydrogens is 420 g/mol. The molecule has 2 aromatic carbocycles. The number of benzene rings is 2. The molecule has 0 bridgehead atoms. The zero-order chi connectivity index (χ0) is 22.6. The van der Waals surface area contributed by atoms with E-state index in [1.54, 1.807) is 56.3 Å². The van der Waals surface area contributed by atoms with Gasteiger partial charge in [0.2, 0.25) is 5.91 Å². The number of carbonyl (C=O) groups excluding carboxylic acids is 2. The maximum Gasteiger partial charge on any atom is 0.338 e. The second-order valence-electron chi connectivity index (χ2n) is 7.33. The van der Waals surface area contributed by atoms with Crippen LogP contribution in [0.4, 0.5) is 11.4 Å². The molecule has 1 fully saturated rings. The van der Waals surface area contributed by atoms with Crippen LogP contribution in [0.3, 0.4) is 0 Å². The maximum atomic E-state index is 13.0. The van der Waals surface area contributed by atoms with Crippen LogP contribution >= 0.6 is 0 Å². The van der Waals surface area contributed by atoms with Crippen molar-refractivity contribution < 1.29 is 22.7 Å². The molecule has 10 heteroatoms. The fourth-order valence-corrected chi connectivity index (χ4v) is 4.86. The molecule has 1 heterocycles. The zero-order valence-corrected chi connectivity index (χ0v) is 18.3. The van der Waals surface area contributed by atoms with E-state index in [1.807, 2.05) is 6.92 Å². The molecule has 0 aliphatic carbocycles. The minimum Gasteiger partial charge on any atom is -0.462 e. The average molecular weight is 447 g/mol. The van der Waals surface area contributed by atoms with Crippen LogP contribution in [0.25, 0.3) is 0 Å². The normalized spacial score (nSPS) is 20.8. The number of nitrogens with one attached hydrogen (secondary N) is 4. The highest BCUT2D eigenvalue weighted by atomic mass is 32.2. The zero-order valence-electron chi connectivity index (χ0n) is 17.5. The first-order valence-corrected chi connectivity index (χ1v) is 11.4. The number of hydrazine groups is 1. The molecule has 0 spiro atoms. The van der Waals surface area contributed by atoms with E-state index in [1.165, 1.54) is 6.07 Å². The summed E-state index contributed by atoms with van der Waals surface area (Å²) in [5.41, 5.74) is 7.61. The molecule has 9 nitrogen and oxygen atoms in total. The molecule has 31 heavy (non-hydrogen) atoms. The number of aryl methyl sites for hydroxylation is 1. The molecule has 3 atom stereocenters. The standard InChI is InChI=1S/C21H26N4O5S/c1-4-30-21(27)15-6-5-7-17(12-15)22-19(26)18-14(3)23-24-20(18)31(28,29)25-16-10-8-13(2)9-11-16/h5-12,14,18,20,23-25H,4H2,1-3H3,(H,22,26). The Kier molecular flexibility index (Phi) is 6.94. The molecule has 1 aliphatic heterocycles. The van der Waals surface area contributed by atoms with Crippen molar-refractivity contribution in [2.24, 2.45) is 5.92 Å². The first kappa shape index (κ1) is 22.7. The van der Waals surface area contributed by atoms with Crippen LogP contribution in [0.15, 0.2) is 48.5 Å². The van der Waals surface area contributed by atoms with Gasteiger partial charge in [0, 0.05) is 17.4 Å². The number of sulfonamides is 1. The lowest BCUT2D eigenvalue weighted by molar-refractivity contribution is -0.119. The molecule has 3 unspecified atom stereocenters. The van der Waals surface area contributed by atoms with E-state index < -0.39 is 39.2 Å². The Hall–Kier alpha value is -2.95. The Bertz CT molecular complexity index is 1060. The van der Waals surface area contributed by atoms with Crippen LogP contribution in [0.1, 0.15) is 29.8 Å². The van der Waals surface area contributed by atoms with Crippen molar-refractivity contribution in [3.63, 3.8) is 0 Å². The number of anilines is 2. The maximum absolute atomic E-state index is 13.0. The average Bonchev–Trinajstić information content (AvgIpc) is 3.12. The number of esters is 1. The molecule has 1 amide bonds. The van der Waals surface area contributed by atoms with E-state index in [0.717, 1.165) is 5.56 Å². The number of hydrogen-bond acceptors (Lipinski definition) is 7. The van der Waals surface area contributed by atoms with Crippen LogP contribution in [-0.2, 0) is 19.6 Å². The minimum absolute atomic E-state index is 0.236. The molecule has 1 saturated heterocycles. The van der Waals surface area contributed by atoms with Gasteiger partial charge in [-0.15, -0.1) is 0 Å². The fourth-order valence-electron chi connectivity index (χ4n) is 3.30. The van der Waals surface area contributed by atoms with Crippen molar-refractivity contribution in [3.05, 3.63) is 59.7 Å². The lowest BCUT2D eigenvalue weighted by atomic mass is 10.0. The van der Waals surface area contributed by atoms with Crippen molar-refractivity contribution in [1.82, 2.24) is 10.9 Å². The highest BCUT2D eigenvalue weighted by Gasteiger charge is 2.46. The van der Waals surface area contributed by atoms with E-state index in [9.17, 15) is 18.0 Å². The third kappa shape index (κ3) is 5.40. The largest absolute Gasteiger partial charge is 0.462 e. The molecule has 4 N–H and O–H groups in total. The van der Waals surface area contributed by atoms with Gasteiger partial charge in [-0.2, -0.15) is 0 Å². The SMILES string of the molecule is CCOC(=O)c1cccc(NC(=O)C2C(C)NNC2S(=O)(=O)Nc2ccc(C)cc2)c1. The molecule has 0 saturated carbocycles. The number of carbonyl (C=O) groups is 2. The number of hydrogen-bond donors (Lipinski definition) is 4. The topological polar surface area (TPSA) is 126 Å². The van der Waals surface area contributed by atoms with Crippen molar-refractivity contribution >= 4 is 33.3 Å². The van der Waals surface area contributed by atoms with E-state index in [-0.39, 0.29) is 6.61 Å². The van der Waals surface area contributed by atoms with Gasteiger partial charge >= 0.3 is 5.97 Å². The Morgan fingerprint density at radius 1 is 1.06 bits per heavy atom. The molecule has 2 aromatic rings. The van der Waals surface area contributed by atoms with Gasteiger partial charge in [-0.05, 0) is 51.1 Å². The van der Waals surface area contributed by atoms with E-state index >= 15 is 0 Å². The molecule has 166 valence electrons. The van der Waals surface area contributed by atoms with Crippen molar-refractivity contribution in [1.29, 1.82) is 0 Å². The van der Waals surface area contributed by atoms with Gasteiger partial charge in [-0.1, -0.05) is 23.8 Å². The second kappa shape index (κ2) is 9.46. The Morgan fingerprint density at radius 2 is 1.77 bits per heavy atom. The molecule has 0 aromatic heterocycles. The quantitative estimate of drug-likeness (QED) is 0.479. The highest BCUT2D eigenvalue weighted by Crippen LogP contribution is 2.24. The molecule has 0 radical (unpaired) electrons. The number of ether oxygens (including phenoxy) is 1. The molecule has 3 rings (SSSR count). The van der Waals surface area contributed by atoms with Gasteiger partial charge < -0.3 is 10.1 Å². The minimum atomic E-state index is -3.93. The summed E-state index contributed by atoms with van der Waals surface area (Å²) in [6.45, 7) is 5.56. The molecule has 1 aliphatic rings. The van der Waals surface area contributed by atoms with Crippen molar-refractivity contribution in [3.8, 4) is 0 Å². The van der Waals surface area contributed by atoms with Crippen LogP contribution in [-0.4, -0.2) is 38.3 Å². The summed E-state index contributed by atoms with van der Waals surface area (Å²) in [7, 11) is -3.93. The first-order chi connectivity index (χ1) is 14.7. The summed E-state index contributed by atoms with van der Waals surface area (Å²) >= 11 is 0. The van der Waals surface area contributed by atoms with Gasteiger partial charge in [-0.25, -0.2) is 18.6 Å². The van der Waals surface area contributed by atoms with E-state index in [4.69, 9.17) is 4.74 Å². The van der Waals surface area contributed by atoms with E-state index in [2.05, 4.69) is 20.9 Å². The summed E-state index contributed by atoms with van der Waals surface area (Å²) in [5.74, 6) is -1.92. The van der Waals surface area contributed by atoms with Gasteiger partial charge in [0.15, 0.2) is 5.37 Å². The highest BCUT2D eigenvalue weighted by molar-refractivity contribution is 7.93. The van der Waals surface area contributed by atoms with Gasteiger partial charge in [0.1, 0.15) is 0 Å². The summed E-state index contributed by atoms with van der Waals surface area (Å²) in [6, 6.07) is 12.8. The van der Waals surface area contributed by atoms with Crippen molar-refractivity contribution in [2.75, 3.05) is 16.6 Å². The predicted octanol–water partition coefficient (Wildman–Crippen LogP) is 1.99. The Labute approximate surface area is 181 Å². The monoisotopic (exact) mass is 446 g/mol. The lowest BCUT2D eigenvalue weighted by Crippen LogP contribution is -2.45. The Balaban J connectivity index is 1.77. The Morgan fingerprint density at radius 3 is 2.45 bits per heavy atom. The molecular formula is C21H26N4O5S. The van der Waals surface area contributed by atoms with Crippen LogP contribution in [0, 0.1) is 12.8 Å². The smallest absolute Gasteiger partial charge is 0.338 e. The van der Waals surface area contributed by atoms with Crippen LogP contribution in [0.5, 0.6) is 0 Å². The van der Waals surface area contributed by atoms with Gasteiger partial charge in [0.05, 0.1) is 18.1 Å². The second-order valence-corrected chi connectivity index (χ2v) is 9.13. The first-order valence-electron chi connectivity index (χ1n) is 9.88. The van der Waals surface area contributed by atoms with Crippen molar-refractivity contribution in [2.45, 2.75) is 32.2 Å². The predicted molar refractivity (Wildman–Crippen MR) is 118 cm³/mol.